The van der Waals surface area contributed by atoms with Gasteiger partial charge in [-0.3, -0.25) is 8.75 Å². The van der Waals surface area contributed by atoms with E-state index >= 15 is 0 Å². The number of rotatable bonds is 6. The van der Waals surface area contributed by atoms with E-state index in [1.165, 1.54) is 17.5 Å². The van der Waals surface area contributed by atoms with E-state index in [-0.39, 0.29) is 19.1 Å². The van der Waals surface area contributed by atoms with Crippen molar-refractivity contribution in [2.45, 2.75) is 43.7 Å². The van der Waals surface area contributed by atoms with Crippen LogP contribution in [0.5, 0.6) is 0 Å². The van der Waals surface area contributed by atoms with Crippen LogP contribution in [0.1, 0.15) is 36.2 Å². The molecule has 4 atom stereocenters. The molecule has 31 heavy (non-hydrogen) atoms. The number of ether oxygens (including phenoxy) is 1. The lowest BCUT2D eigenvalue weighted by atomic mass is 10.1. The number of nitrogens with two attached hydrogens (primary N) is 1. The molecule has 164 valence electrons. The molecule has 3 aromatic rings. The Hall–Kier alpha value is -2.64. The average molecular weight is 446 g/mol. The Labute approximate surface area is 178 Å². The molecule has 0 bridgehead atoms. The summed E-state index contributed by atoms with van der Waals surface area (Å²) in [5.74, 6) is 0.623. The average Bonchev–Trinajstić information content (AvgIpc) is 3.43. The molecule has 4 N–H and O–H groups in total. The molecule has 0 amide bonds. The fourth-order valence-electron chi connectivity index (χ4n) is 4.24. The SMILES string of the molecule is NS(=O)(=O)OC[C@H]1O[C@@H](n2cnc3c(N[C@@H]4CCc5ccccc54)ncnc32)C[C@@H]1O. The van der Waals surface area contributed by atoms with Crippen LogP contribution in [0.3, 0.4) is 0 Å². The third-order valence-corrected chi connectivity index (χ3v) is 6.18. The number of nitrogens with zero attached hydrogens (tertiary/aromatic N) is 4. The molecular formula is C19H22N6O5S. The van der Waals surface area contributed by atoms with Gasteiger partial charge in [-0.2, -0.15) is 8.42 Å². The molecule has 0 saturated carbocycles. The predicted molar refractivity (Wildman–Crippen MR) is 110 cm³/mol. The number of aliphatic hydroxyl groups excluding tert-OH is 1. The summed E-state index contributed by atoms with van der Waals surface area (Å²) in [7, 11) is -4.12. The standard InChI is InChI=1S/C19H22N6O5S/c20-31(27,28)29-8-15-14(26)7-16(30-15)25-10-23-17-18(21-9-22-19(17)25)24-13-6-5-11-3-1-2-4-12(11)13/h1-4,9-10,13-16,26H,5-8H2,(H2,20,27,28)(H,21,22,24)/t13-,14+,15-,16-/m1/s1. The van der Waals surface area contributed by atoms with Gasteiger partial charge in [0.2, 0.25) is 0 Å². The minimum Gasteiger partial charge on any atom is -0.390 e. The Morgan fingerprint density at radius 3 is 2.97 bits per heavy atom. The van der Waals surface area contributed by atoms with Gasteiger partial charge in [0.1, 0.15) is 18.7 Å². The fourth-order valence-corrected chi connectivity index (χ4v) is 4.56. The molecule has 1 aliphatic carbocycles. The number of aliphatic hydroxyl groups is 1. The number of imidazole rings is 1. The number of hydrogen-bond acceptors (Lipinski definition) is 9. The van der Waals surface area contributed by atoms with Crippen molar-refractivity contribution in [3.05, 3.63) is 48.0 Å². The first-order chi connectivity index (χ1) is 14.9. The van der Waals surface area contributed by atoms with E-state index in [0.29, 0.717) is 17.0 Å². The van der Waals surface area contributed by atoms with Crippen LogP contribution in [0.15, 0.2) is 36.9 Å². The topological polar surface area (TPSA) is 154 Å². The van der Waals surface area contributed by atoms with E-state index in [2.05, 4.69) is 36.6 Å². The van der Waals surface area contributed by atoms with Gasteiger partial charge in [0.05, 0.1) is 25.1 Å². The maximum Gasteiger partial charge on any atom is 0.333 e. The highest BCUT2D eigenvalue weighted by Gasteiger charge is 2.37. The summed E-state index contributed by atoms with van der Waals surface area (Å²) in [5.41, 5.74) is 3.73. The molecule has 5 rings (SSSR count). The largest absolute Gasteiger partial charge is 0.390 e. The molecule has 1 aliphatic heterocycles. The van der Waals surface area contributed by atoms with Gasteiger partial charge in [0, 0.05) is 6.42 Å². The van der Waals surface area contributed by atoms with Crippen LogP contribution in [-0.2, 0) is 25.6 Å². The zero-order valence-corrected chi connectivity index (χ0v) is 17.3. The van der Waals surface area contributed by atoms with Crippen molar-refractivity contribution >= 4 is 27.3 Å². The first-order valence-electron chi connectivity index (χ1n) is 9.91. The third-order valence-electron chi connectivity index (χ3n) is 5.71. The van der Waals surface area contributed by atoms with Crippen LogP contribution in [0, 0.1) is 0 Å². The number of fused-ring (bicyclic) bond motifs is 2. The number of benzene rings is 1. The van der Waals surface area contributed by atoms with E-state index in [1.54, 1.807) is 10.9 Å². The summed E-state index contributed by atoms with van der Waals surface area (Å²) >= 11 is 0. The second-order valence-corrected chi connectivity index (χ2v) is 8.91. The number of hydrogen-bond donors (Lipinski definition) is 3. The molecule has 3 heterocycles. The summed E-state index contributed by atoms with van der Waals surface area (Å²) in [6.07, 6.45) is 2.90. The zero-order valence-electron chi connectivity index (χ0n) is 16.5. The number of nitrogens with one attached hydrogen (secondary N) is 1. The van der Waals surface area contributed by atoms with E-state index in [9.17, 15) is 13.5 Å². The van der Waals surface area contributed by atoms with Crippen LogP contribution in [0.25, 0.3) is 11.2 Å². The Morgan fingerprint density at radius 1 is 1.29 bits per heavy atom. The first kappa shape index (κ1) is 20.3. The van der Waals surface area contributed by atoms with Gasteiger partial charge in [-0.15, -0.1) is 0 Å². The van der Waals surface area contributed by atoms with Gasteiger partial charge in [-0.1, -0.05) is 24.3 Å². The van der Waals surface area contributed by atoms with Gasteiger partial charge >= 0.3 is 10.3 Å². The van der Waals surface area contributed by atoms with Crippen LogP contribution >= 0.6 is 0 Å². The van der Waals surface area contributed by atoms with Crippen molar-refractivity contribution in [1.82, 2.24) is 19.5 Å². The molecule has 12 heteroatoms. The summed E-state index contributed by atoms with van der Waals surface area (Å²) in [6, 6.07) is 8.48. The lowest BCUT2D eigenvalue weighted by Crippen LogP contribution is -2.30. The highest BCUT2D eigenvalue weighted by Crippen LogP contribution is 2.36. The quantitative estimate of drug-likeness (QED) is 0.498. The van der Waals surface area contributed by atoms with E-state index in [4.69, 9.17) is 9.88 Å². The molecule has 2 aliphatic rings. The lowest BCUT2D eigenvalue weighted by Gasteiger charge is -2.16. The smallest absolute Gasteiger partial charge is 0.333 e. The first-order valence-corrected chi connectivity index (χ1v) is 11.4. The molecule has 1 fully saturated rings. The fraction of sp³-hybridized carbons (Fsp3) is 0.421. The van der Waals surface area contributed by atoms with Crippen molar-refractivity contribution in [1.29, 1.82) is 0 Å². The number of anilines is 1. The Morgan fingerprint density at radius 2 is 2.13 bits per heavy atom. The monoisotopic (exact) mass is 446 g/mol. The van der Waals surface area contributed by atoms with E-state index < -0.39 is 28.7 Å². The minimum atomic E-state index is -4.12. The minimum absolute atomic E-state index is 0.142. The lowest BCUT2D eigenvalue weighted by molar-refractivity contribution is -0.0371. The Bertz CT molecular complexity index is 1220. The van der Waals surface area contributed by atoms with E-state index in [0.717, 1.165) is 12.8 Å². The van der Waals surface area contributed by atoms with Crippen LogP contribution in [0.4, 0.5) is 5.82 Å². The Kier molecular flexibility index (Phi) is 5.10. The predicted octanol–water partition coefficient (Wildman–Crippen LogP) is 0.794. The Balaban J connectivity index is 1.37. The van der Waals surface area contributed by atoms with Crippen LogP contribution < -0.4 is 10.5 Å². The maximum absolute atomic E-state index is 11.0. The van der Waals surface area contributed by atoms with Crippen molar-refractivity contribution in [3.63, 3.8) is 0 Å². The second-order valence-electron chi connectivity index (χ2n) is 7.69. The molecule has 1 saturated heterocycles. The van der Waals surface area contributed by atoms with Gasteiger partial charge < -0.3 is 15.2 Å². The number of aromatic nitrogens is 4. The maximum atomic E-state index is 11.0. The molecule has 0 radical (unpaired) electrons. The van der Waals surface area contributed by atoms with Gasteiger partial charge in [0.15, 0.2) is 17.0 Å². The van der Waals surface area contributed by atoms with Crippen LogP contribution in [0.2, 0.25) is 0 Å². The molecule has 1 aromatic carbocycles. The summed E-state index contributed by atoms with van der Waals surface area (Å²) < 4.78 is 34.1. The number of aryl methyl sites for hydroxylation is 1. The van der Waals surface area contributed by atoms with Crippen molar-refractivity contribution < 1.29 is 22.4 Å². The van der Waals surface area contributed by atoms with Gasteiger partial charge in [0.25, 0.3) is 0 Å². The van der Waals surface area contributed by atoms with Crippen molar-refractivity contribution in [2.24, 2.45) is 5.14 Å². The molecule has 0 spiro atoms. The molecular weight excluding hydrogens is 424 g/mol. The van der Waals surface area contributed by atoms with E-state index in [1.807, 2.05) is 12.1 Å². The molecule has 0 unspecified atom stereocenters. The third kappa shape index (κ3) is 4.00. The summed E-state index contributed by atoms with van der Waals surface area (Å²) in [4.78, 5) is 13.2. The molecule has 11 nitrogen and oxygen atoms in total. The highest BCUT2D eigenvalue weighted by molar-refractivity contribution is 7.84. The van der Waals surface area contributed by atoms with Gasteiger partial charge in [-0.05, 0) is 24.0 Å². The summed E-state index contributed by atoms with van der Waals surface area (Å²) in [5, 5.41) is 18.6. The van der Waals surface area contributed by atoms with Crippen molar-refractivity contribution in [3.8, 4) is 0 Å². The molecule has 2 aromatic heterocycles. The van der Waals surface area contributed by atoms with Crippen LogP contribution in [-0.4, -0.2) is 51.9 Å². The van der Waals surface area contributed by atoms with Crippen molar-refractivity contribution in [2.75, 3.05) is 11.9 Å². The second kappa shape index (κ2) is 7.80. The summed E-state index contributed by atoms with van der Waals surface area (Å²) in [6.45, 7) is -0.369. The zero-order chi connectivity index (χ0) is 21.6. The normalized spacial score (nSPS) is 25.7. The van der Waals surface area contributed by atoms with Gasteiger partial charge in [-0.25, -0.2) is 20.1 Å². The highest BCUT2D eigenvalue weighted by atomic mass is 32.2.